The van der Waals surface area contributed by atoms with Crippen molar-refractivity contribution < 1.29 is 14.3 Å². The van der Waals surface area contributed by atoms with Crippen LogP contribution in [0.2, 0.25) is 0 Å². The lowest BCUT2D eigenvalue weighted by molar-refractivity contribution is 0.0661. The highest BCUT2D eigenvalue weighted by molar-refractivity contribution is 6.04. The summed E-state index contributed by atoms with van der Waals surface area (Å²) in [5, 5.41) is 7.22. The third-order valence-corrected chi connectivity index (χ3v) is 5.72. The molecule has 5 rings (SSSR count). The molecule has 0 atom stereocenters. The average molecular weight is 457 g/mol. The first-order valence-electron chi connectivity index (χ1n) is 11.2. The molecule has 3 heterocycles. The van der Waals surface area contributed by atoms with E-state index in [2.05, 4.69) is 10.4 Å². The number of pyridine rings is 1. The minimum atomic E-state index is -0.479. The Morgan fingerprint density at radius 2 is 1.68 bits per heavy atom. The summed E-state index contributed by atoms with van der Waals surface area (Å²) in [7, 11) is 0. The second-order valence-corrected chi connectivity index (χ2v) is 7.97. The van der Waals surface area contributed by atoms with Gasteiger partial charge in [0.05, 0.1) is 12.2 Å². The maximum Gasteiger partial charge on any atom is 0.269 e. The van der Waals surface area contributed by atoms with E-state index in [1.54, 1.807) is 48.8 Å². The Balaban J connectivity index is 1.33. The zero-order chi connectivity index (χ0) is 23.3. The minimum absolute atomic E-state index is 0.0480. The van der Waals surface area contributed by atoms with Crippen molar-refractivity contribution >= 4 is 11.6 Å². The number of rotatable bonds is 6. The summed E-state index contributed by atoms with van der Waals surface area (Å²) in [5.74, 6) is 1.53. The van der Waals surface area contributed by atoms with Crippen molar-refractivity contribution in [3.8, 4) is 17.3 Å². The number of ether oxygens (including phenoxy) is 2. The van der Waals surface area contributed by atoms with Crippen LogP contribution in [0.5, 0.6) is 11.5 Å². The maximum absolute atomic E-state index is 13.2. The van der Waals surface area contributed by atoms with Gasteiger partial charge < -0.3 is 14.8 Å². The number of nitrogens with zero attached hydrogens (tertiary/aromatic N) is 3. The van der Waals surface area contributed by atoms with Gasteiger partial charge in [-0.25, -0.2) is 4.68 Å². The van der Waals surface area contributed by atoms with Crippen LogP contribution in [-0.2, 0) is 4.74 Å². The molecule has 1 fully saturated rings. The molecular weight excluding hydrogens is 432 g/mol. The number of benzene rings is 2. The molecule has 172 valence electrons. The van der Waals surface area contributed by atoms with Gasteiger partial charge in [0.25, 0.3) is 11.5 Å². The molecule has 8 nitrogen and oxygen atoms in total. The van der Waals surface area contributed by atoms with Crippen molar-refractivity contribution in [1.82, 2.24) is 14.3 Å². The van der Waals surface area contributed by atoms with Crippen molar-refractivity contribution in [1.29, 1.82) is 0 Å². The van der Waals surface area contributed by atoms with Crippen LogP contribution in [0.4, 0.5) is 5.69 Å². The molecule has 4 aromatic rings. The molecule has 0 radical (unpaired) electrons. The molecule has 1 aliphatic rings. The SMILES string of the molecule is O=C(Nc1ccc(Oc2ccccc2)cc1)c1cccn(-c2ccnn2C2CCOCC2)c1=O. The van der Waals surface area contributed by atoms with E-state index in [0.717, 1.165) is 18.6 Å². The highest BCUT2D eigenvalue weighted by atomic mass is 16.5. The van der Waals surface area contributed by atoms with Gasteiger partial charge in [-0.05, 0) is 61.4 Å². The predicted octanol–water partition coefficient (Wildman–Crippen LogP) is 4.43. The Labute approximate surface area is 196 Å². The molecule has 0 spiro atoms. The quantitative estimate of drug-likeness (QED) is 0.464. The zero-order valence-electron chi connectivity index (χ0n) is 18.5. The van der Waals surface area contributed by atoms with Crippen molar-refractivity contribution in [2.24, 2.45) is 0 Å². The molecule has 0 unspecified atom stereocenters. The number of nitrogens with one attached hydrogen (secondary N) is 1. The molecule has 1 aliphatic heterocycles. The molecule has 1 N–H and O–H groups in total. The smallest absolute Gasteiger partial charge is 0.269 e. The van der Waals surface area contributed by atoms with Crippen molar-refractivity contribution in [3.63, 3.8) is 0 Å². The normalized spacial score (nSPS) is 14.0. The van der Waals surface area contributed by atoms with Gasteiger partial charge in [0.2, 0.25) is 0 Å². The fraction of sp³-hybridized carbons (Fsp3) is 0.192. The van der Waals surface area contributed by atoms with E-state index >= 15 is 0 Å². The van der Waals surface area contributed by atoms with E-state index in [1.807, 2.05) is 35.0 Å². The number of carbonyl (C=O) groups is 1. The van der Waals surface area contributed by atoms with E-state index in [0.29, 0.717) is 30.5 Å². The summed E-state index contributed by atoms with van der Waals surface area (Å²) in [5.41, 5.74) is 0.206. The molecule has 0 aliphatic carbocycles. The van der Waals surface area contributed by atoms with Crippen molar-refractivity contribution in [2.45, 2.75) is 18.9 Å². The lowest BCUT2D eigenvalue weighted by Crippen LogP contribution is -2.30. The summed E-state index contributed by atoms with van der Waals surface area (Å²) in [6.45, 7) is 1.33. The van der Waals surface area contributed by atoms with Crippen LogP contribution >= 0.6 is 0 Å². The number of hydrogen-bond acceptors (Lipinski definition) is 5. The molecule has 34 heavy (non-hydrogen) atoms. The van der Waals surface area contributed by atoms with E-state index < -0.39 is 11.5 Å². The largest absolute Gasteiger partial charge is 0.457 e. The maximum atomic E-state index is 13.2. The van der Waals surface area contributed by atoms with Crippen LogP contribution in [0.25, 0.3) is 5.82 Å². The predicted molar refractivity (Wildman–Crippen MR) is 128 cm³/mol. The van der Waals surface area contributed by atoms with Crippen LogP contribution in [0.1, 0.15) is 29.2 Å². The van der Waals surface area contributed by atoms with Gasteiger partial charge in [-0.2, -0.15) is 5.10 Å². The Hall–Kier alpha value is -4.17. The zero-order valence-corrected chi connectivity index (χ0v) is 18.5. The Morgan fingerprint density at radius 1 is 0.941 bits per heavy atom. The summed E-state index contributed by atoms with van der Waals surface area (Å²) >= 11 is 0. The molecular formula is C26H24N4O4. The monoisotopic (exact) mass is 456 g/mol. The van der Waals surface area contributed by atoms with Crippen LogP contribution in [0.3, 0.4) is 0 Å². The highest BCUT2D eigenvalue weighted by Crippen LogP contribution is 2.24. The van der Waals surface area contributed by atoms with Crippen LogP contribution in [-0.4, -0.2) is 33.5 Å². The van der Waals surface area contributed by atoms with Gasteiger partial charge in [-0.3, -0.25) is 14.2 Å². The topological polar surface area (TPSA) is 87.4 Å². The van der Waals surface area contributed by atoms with Crippen molar-refractivity contribution in [3.05, 3.63) is 101 Å². The molecule has 2 aromatic heterocycles. The third-order valence-electron chi connectivity index (χ3n) is 5.72. The first-order valence-corrected chi connectivity index (χ1v) is 11.2. The second kappa shape index (κ2) is 9.76. The Bertz CT molecular complexity index is 1320. The van der Waals surface area contributed by atoms with Gasteiger partial charge in [0.1, 0.15) is 22.9 Å². The Kier molecular flexibility index (Phi) is 6.22. The van der Waals surface area contributed by atoms with Crippen molar-refractivity contribution in [2.75, 3.05) is 18.5 Å². The minimum Gasteiger partial charge on any atom is -0.457 e. The van der Waals surface area contributed by atoms with E-state index in [4.69, 9.17) is 9.47 Å². The van der Waals surface area contributed by atoms with Crippen LogP contribution in [0.15, 0.2) is 90.0 Å². The number of para-hydroxylation sites is 1. The van der Waals surface area contributed by atoms with Gasteiger partial charge in [-0.15, -0.1) is 0 Å². The fourth-order valence-corrected chi connectivity index (χ4v) is 3.99. The first-order chi connectivity index (χ1) is 16.7. The molecule has 1 saturated heterocycles. The second-order valence-electron chi connectivity index (χ2n) is 7.97. The van der Waals surface area contributed by atoms with E-state index in [9.17, 15) is 9.59 Å². The third kappa shape index (κ3) is 4.62. The molecule has 0 bridgehead atoms. The average Bonchev–Trinajstić information content (AvgIpc) is 3.36. The van der Waals surface area contributed by atoms with E-state index in [-0.39, 0.29) is 11.6 Å². The standard InChI is InChI=1S/C26H24N4O4/c31-25(28-19-8-10-22(11-9-19)34-21-5-2-1-3-6-21)23-7-4-16-29(26(23)32)24-12-15-27-30(24)20-13-17-33-18-14-20/h1-12,15-16,20H,13-14,17-18H2,(H,28,31). The van der Waals surface area contributed by atoms with Crippen LogP contribution < -0.4 is 15.6 Å². The van der Waals surface area contributed by atoms with Gasteiger partial charge in [0, 0.05) is 31.2 Å². The van der Waals surface area contributed by atoms with Gasteiger partial charge in [0.15, 0.2) is 0 Å². The molecule has 0 saturated carbocycles. The van der Waals surface area contributed by atoms with Gasteiger partial charge in [-0.1, -0.05) is 18.2 Å². The summed E-state index contributed by atoms with van der Waals surface area (Å²) in [4.78, 5) is 26.1. The first kappa shape index (κ1) is 21.7. The number of hydrogen-bond donors (Lipinski definition) is 1. The molecule has 8 heteroatoms. The molecule has 1 amide bonds. The Morgan fingerprint density at radius 3 is 2.44 bits per heavy atom. The number of aromatic nitrogens is 3. The number of amides is 1. The lowest BCUT2D eigenvalue weighted by Gasteiger charge is -2.24. The number of anilines is 1. The van der Waals surface area contributed by atoms with E-state index in [1.165, 1.54) is 10.6 Å². The molecule has 2 aromatic carbocycles. The summed E-state index contributed by atoms with van der Waals surface area (Å²) in [6, 6.07) is 21.6. The summed E-state index contributed by atoms with van der Waals surface area (Å²) < 4.78 is 14.5. The highest BCUT2D eigenvalue weighted by Gasteiger charge is 2.21. The number of carbonyl (C=O) groups excluding carboxylic acids is 1. The lowest BCUT2D eigenvalue weighted by atomic mass is 10.1. The fourth-order valence-electron chi connectivity index (χ4n) is 3.99. The van der Waals surface area contributed by atoms with Gasteiger partial charge >= 0.3 is 0 Å². The van der Waals surface area contributed by atoms with Crippen LogP contribution in [0, 0.1) is 0 Å². The summed E-state index contributed by atoms with van der Waals surface area (Å²) in [6.07, 6.45) is 4.98.